The van der Waals surface area contributed by atoms with Crippen LogP contribution in [0.1, 0.15) is 49.1 Å². The number of benzene rings is 2. The van der Waals surface area contributed by atoms with E-state index in [1.54, 1.807) is 24.3 Å². The van der Waals surface area contributed by atoms with Gasteiger partial charge in [0.15, 0.2) is 23.0 Å². The molecule has 0 saturated heterocycles. The van der Waals surface area contributed by atoms with Crippen LogP contribution < -0.4 is 23.7 Å². The third-order valence-corrected chi connectivity index (χ3v) is 5.98. The van der Waals surface area contributed by atoms with Crippen LogP contribution in [0.25, 0.3) is 0 Å². The minimum Gasteiger partial charge on any atom is -0.493 e. The Kier molecular flexibility index (Phi) is 10.5. The van der Waals surface area contributed by atoms with Crippen molar-refractivity contribution in [2.24, 2.45) is 0 Å². The average molecular weight is 555 g/mol. The first kappa shape index (κ1) is 28.1. The second-order valence-electron chi connectivity index (χ2n) is 7.69. The Balaban J connectivity index is 2.48. The summed E-state index contributed by atoms with van der Waals surface area (Å²) in [5.41, 5.74) is 0.816. The van der Waals surface area contributed by atoms with Crippen LogP contribution in [0.5, 0.6) is 28.7 Å². The molecule has 0 heterocycles. The van der Waals surface area contributed by atoms with Gasteiger partial charge in [-0.25, -0.2) is 0 Å². The largest absolute Gasteiger partial charge is 0.493 e. The Labute approximate surface area is 213 Å². The SMILES string of the molecule is CCCOc1c(OC)cc(Br)cc1C(CCC(C(=O)O)c1cc(OC)c(OC)c(OC)c1)C(=O)O. The standard InChI is InChI=1S/C25H31BrO9/c1-6-9-35-22-18(12-15(26)13-21(22)33-4)17(25(29)30)8-7-16(24(27)28)14-10-19(31-2)23(34-5)20(11-14)32-3/h10-13,16-17H,6-9H2,1-5H3,(H,27,28)(H,29,30). The van der Waals surface area contributed by atoms with E-state index < -0.39 is 23.8 Å². The summed E-state index contributed by atoms with van der Waals surface area (Å²) in [6, 6.07) is 6.49. The van der Waals surface area contributed by atoms with Gasteiger partial charge < -0.3 is 33.9 Å². The van der Waals surface area contributed by atoms with Crippen molar-refractivity contribution >= 4 is 27.9 Å². The van der Waals surface area contributed by atoms with Crippen LogP contribution in [-0.4, -0.2) is 57.2 Å². The number of hydrogen-bond donors (Lipinski definition) is 2. The van der Waals surface area contributed by atoms with Crippen LogP contribution in [0, 0.1) is 0 Å². The third kappa shape index (κ3) is 6.72. The first-order valence-electron chi connectivity index (χ1n) is 11.0. The predicted molar refractivity (Wildman–Crippen MR) is 133 cm³/mol. The van der Waals surface area contributed by atoms with Gasteiger partial charge in [0.05, 0.1) is 46.9 Å². The van der Waals surface area contributed by atoms with Gasteiger partial charge in [-0.3, -0.25) is 9.59 Å². The number of rotatable bonds is 14. The topological polar surface area (TPSA) is 121 Å². The Morgan fingerprint density at radius 3 is 1.77 bits per heavy atom. The van der Waals surface area contributed by atoms with Crippen molar-refractivity contribution in [2.45, 2.75) is 38.0 Å². The lowest BCUT2D eigenvalue weighted by Crippen LogP contribution is -2.18. The highest BCUT2D eigenvalue weighted by molar-refractivity contribution is 9.10. The van der Waals surface area contributed by atoms with E-state index in [0.29, 0.717) is 51.0 Å². The van der Waals surface area contributed by atoms with E-state index in [4.69, 9.17) is 23.7 Å². The fourth-order valence-corrected chi connectivity index (χ4v) is 4.29. The highest BCUT2D eigenvalue weighted by atomic mass is 79.9. The summed E-state index contributed by atoms with van der Waals surface area (Å²) in [4.78, 5) is 24.5. The minimum absolute atomic E-state index is 0.0328. The summed E-state index contributed by atoms with van der Waals surface area (Å²) in [6.45, 7) is 2.31. The smallest absolute Gasteiger partial charge is 0.311 e. The molecule has 0 aliphatic carbocycles. The lowest BCUT2D eigenvalue weighted by Gasteiger charge is -2.22. The minimum atomic E-state index is -1.10. The van der Waals surface area contributed by atoms with E-state index in [1.165, 1.54) is 28.4 Å². The number of hydrogen-bond acceptors (Lipinski definition) is 7. The molecule has 0 bridgehead atoms. The van der Waals surface area contributed by atoms with Crippen molar-refractivity contribution in [2.75, 3.05) is 35.0 Å². The maximum Gasteiger partial charge on any atom is 0.311 e. The van der Waals surface area contributed by atoms with E-state index >= 15 is 0 Å². The number of carboxylic acids is 2. The summed E-state index contributed by atoms with van der Waals surface area (Å²) in [5.74, 6) is -2.54. The van der Waals surface area contributed by atoms with E-state index in [-0.39, 0.29) is 12.8 Å². The molecular weight excluding hydrogens is 524 g/mol. The Bertz CT molecular complexity index is 1010. The van der Waals surface area contributed by atoms with Gasteiger partial charge in [0, 0.05) is 10.0 Å². The highest BCUT2D eigenvalue weighted by Crippen LogP contribution is 2.44. The molecule has 35 heavy (non-hydrogen) atoms. The zero-order valence-electron chi connectivity index (χ0n) is 20.4. The molecule has 2 aromatic carbocycles. The molecule has 0 aromatic heterocycles. The maximum absolute atomic E-state index is 12.3. The van der Waals surface area contributed by atoms with Crippen LogP contribution in [0.15, 0.2) is 28.7 Å². The van der Waals surface area contributed by atoms with Crippen LogP contribution in [0.4, 0.5) is 0 Å². The molecule has 0 saturated carbocycles. The van der Waals surface area contributed by atoms with Crippen LogP contribution in [0.3, 0.4) is 0 Å². The zero-order valence-corrected chi connectivity index (χ0v) is 22.0. The Morgan fingerprint density at radius 2 is 1.31 bits per heavy atom. The lowest BCUT2D eigenvalue weighted by atomic mass is 9.86. The summed E-state index contributed by atoms with van der Waals surface area (Å²) in [7, 11) is 5.81. The Hall–Kier alpha value is -3.14. The zero-order chi connectivity index (χ0) is 26.1. The average Bonchev–Trinajstić information content (AvgIpc) is 2.83. The quantitative estimate of drug-likeness (QED) is 0.328. The van der Waals surface area contributed by atoms with Crippen molar-refractivity contribution in [3.8, 4) is 28.7 Å². The van der Waals surface area contributed by atoms with Gasteiger partial charge in [0.25, 0.3) is 0 Å². The van der Waals surface area contributed by atoms with Gasteiger partial charge in [-0.15, -0.1) is 0 Å². The number of ether oxygens (including phenoxy) is 5. The molecular formula is C25H31BrO9. The van der Waals surface area contributed by atoms with Crippen LogP contribution >= 0.6 is 15.9 Å². The summed E-state index contributed by atoms with van der Waals surface area (Å²) >= 11 is 3.40. The Morgan fingerprint density at radius 1 is 0.800 bits per heavy atom. The van der Waals surface area contributed by atoms with Crippen molar-refractivity contribution < 1.29 is 43.5 Å². The predicted octanol–water partition coefficient (Wildman–Crippen LogP) is 5.09. The second kappa shape index (κ2) is 13.1. The summed E-state index contributed by atoms with van der Waals surface area (Å²) in [6.07, 6.45) is 0.788. The number of aliphatic carboxylic acids is 2. The van der Waals surface area contributed by atoms with Gasteiger partial charge in [-0.1, -0.05) is 22.9 Å². The van der Waals surface area contributed by atoms with E-state index in [0.717, 1.165) is 6.42 Å². The molecule has 9 nitrogen and oxygen atoms in total. The summed E-state index contributed by atoms with van der Waals surface area (Å²) < 4.78 is 27.9. The first-order chi connectivity index (χ1) is 16.7. The second-order valence-corrected chi connectivity index (χ2v) is 8.61. The molecule has 2 aromatic rings. The molecule has 192 valence electrons. The highest BCUT2D eigenvalue weighted by Gasteiger charge is 2.30. The summed E-state index contributed by atoms with van der Waals surface area (Å²) in [5, 5.41) is 20.1. The molecule has 0 fully saturated rings. The van der Waals surface area contributed by atoms with E-state index in [1.807, 2.05) is 6.92 Å². The number of carbonyl (C=O) groups is 2. The van der Waals surface area contributed by atoms with E-state index in [2.05, 4.69) is 15.9 Å². The number of carboxylic acid groups (broad SMARTS) is 2. The fourth-order valence-electron chi connectivity index (χ4n) is 3.84. The van der Waals surface area contributed by atoms with Crippen molar-refractivity contribution in [1.29, 1.82) is 0 Å². The first-order valence-corrected chi connectivity index (χ1v) is 11.8. The van der Waals surface area contributed by atoms with Gasteiger partial charge in [-0.05, 0) is 49.1 Å². The molecule has 10 heteroatoms. The molecule has 2 rings (SSSR count). The number of methoxy groups -OCH3 is 4. The van der Waals surface area contributed by atoms with Crippen molar-refractivity contribution in [1.82, 2.24) is 0 Å². The normalized spacial score (nSPS) is 12.4. The third-order valence-electron chi connectivity index (χ3n) is 5.52. The molecule has 2 atom stereocenters. The van der Waals surface area contributed by atoms with Gasteiger partial charge in [0.2, 0.25) is 5.75 Å². The van der Waals surface area contributed by atoms with E-state index in [9.17, 15) is 19.8 Å². The van der Waals surface area contributed by atoms with Gasteiger partial charge >= 0.3 is 11.9 Å². The van der Waals surface area contributed by atoms with Crippen LogP contribution in [-0.2, 0) is 9.59 Å². The fraction of sp³-hybridized carbons (Fsp3) is 0.440. The monoisotopic (exact) mass is 554 g/mol. The lowest BCUT2D eigenvalue weighted by molar-refractivity contribution is -0.141. The number of halogens is 1. The molecule has 0 radical (unpaired) electrons. The molecule has 0 spiro atoms. The molecule has 0 aliphatic heterocycles. The molecule has 0 aliphatic rings. The molecule has 2 N–H and O–H groups in total. The molecule has 0 amide bonds. The van der Waals surface area contributed by atoms with Gasteiger partial charge in [0.1, 0.15) is 0 Å². The maximum atomic E-state index is 12.3. The molecule has 2 unspecified atom stereocenters. The van der Waals surface area contributed by atoms with Gasteiger partial charge in [-0.2, -0.15) is 0 Å². The van der Waals surface area contributed by atoms with Crippen molar-refractivity contribution in [3.63, 3.8) is 0 Å². The van der Waals surface area contributed by atoms with Crippen molar-refractivity contribution in [3.05, 3.63) is 39.9 Å². The van der Waals surface area contributed by atoms with Crippen LogP contribution in [0.2, 0.25) is 0 Å².